The second kappa shape index (κ2) is 6.79. The fraction of sp³-hybridized carbons (Fsp3) is 0.571. The molecule has 0 bridgehead atoms. The Bertz CT molecular complexity index is 798. The average Bonchev–Trinajstić information content (AvgIpc) is 3.15. The molecule has 10 heteroatoms. The van der Waals surface area contributed by atoms with Crippen LogP contribution in [0.4, 0.5) is 0 Å². The van der Waals surface area contributed by atoms with Crippen LogP contribution in [0.1, 0.15) is 5.69 Å². The van der Waals surface area contributed by atoms with E-state index < -0.39 is 10.0 Å². The van der Waals surface area contributed by atoms with E-state index in [1.54, 1.807) is 0 Å². The van der Waals surface area contributed by atoms with Gasteiger partial charge in [0, 0.05) is 37.8 Å². The van der Waals surface area contributed by atoms with Crippen molar-refractivity contribution >= 4 is 32.2 Å². The quantitative estimate of drug-likeness (QED) is 0.768. The van der Waals surface area contributed by atoms with E-state index in [4.69, 9.17) is 4.74 Å². The van der Waals surface area contributed by atoms with Crippen LogP contribution in [0.25, 0.3) is 4.96 Å². The van der Waals surface area contributed by atoms with E-state index in [0.717, 1.165) is 4.96 Å². The van der Waals surface area contributed by atoms with Gasteiger partial charge in [0.25, 0.3) is 0 Å². The molecule has 2 aromatic rings. The molecule has 0 unspecified atom stereocenters. The molecular weight excluding hydrogens is 352 g/mol. The molecule has 1 fully saturated rings. The molecule has 1 aliphatic heterocycles. The third-order valence-corrected chi connectivity index (χ3v) is 6.74. The van der Waals surface area contributed by atoms with Gasteiger partial charge < -0.3 is 10.1 Å². The lowest BCUT2D eigenvalue weighted by Crippen LogP contribution is -2.44. The number of thiazole rings is 1. The Morgan fingerprint density at radius 1 is 1.50 bits per heavy atom. The van der Waals surface area contributed by atoms with E-state index in [-0.39, 0.29) is 30.0 Å². The number of nitrogens with zero attached hydrogens (tertiary/aromatic N) is 3. The third kappa shape index (κ3) is 3.77. The minimum atomic E-state index is -3.33. The summed E-state index contributed by atoms with van der Waals surface area (Å²) >= 11 is 1.51. The van der Waals surface area contributed by atoms with Gasteiger partial charge in [-0.2, -0.15) is 0 Å². The number of amides is 1. The third-order valence-electron chi connectivity index (χ3n) is 4.01. The zero-order valence-corrected chi connectivity index (χ0v) is 15.1. The van der Waals surface area contributed by atoms with Crippen LogP contribution < -0.4 is 5.32 Å². The first-order chi connectivity index (χ1) is 11.3. The Balaban J connectivity index is 1.59. The zero-order valence-electron chi connectivity index (χ0n) is 13.5. The summed E-state index contributed by atoms with van der Waals surface area (Å²) in [5, 5.41) is 4.81. The normalized spacial score (nSPS) is 21.6. The minimum Gasteiger partial charge on any atom is -0.379 e. The lowest BCUT2D eigenvalue weighted by atomic mass is 10.1. The van der Waals surface area contributed by atoms with Crippen LogP contribution in [-0.2, 0) is 26.0 Å². The van der Waals surface area contributed by atoms with Crippen molar-refractivity contribution in [2.45, 2.75) is 12.5 Å². The average molecular weight is 372 g/mol. The smallest absolute Gasteiger partial charge is 0.226 e. The SMILES string of the molecule is CN(C)S(=O)(=O)C[C@@H]1COC[C@@H]1NC(=O)Cc1cn2ccsc2n1. The minimum absolute atomic E-state index is 0.0366. The molecule has 1 saturated heterocycles. The number of carbonyl (C=O) groups excluding carboxylic acids is 1. The summed E-state index contributed by atoms with van der Waals surface area (Å²) in [7, 11) is -0.325. The van der Waals surface area contributed by atoms with E-state index in [9.17, 15) is 13.2 Å². The van der Waals surface area contributed by atoms with Gasteiger partial charge in [-0.25, -0.2) is 17.7 Å². The van der Waals surface area contributed by atoms with Crippen LogP contribution in [0.2, 0.25) is 0 Å². The number of nitrogens with one attached hydrogen (secondary N) is 1. The second-order valence-corrected chi connectivity index (χ2v) is 9.13. The molecule has 0 saturated carbocycles. The number of hydrogen-bond donors (Lipinski definition) is 1. The lowest BCUT2D eigenvalue weighted by molar-refractivity contribution is -0.121. The van der Waals surface area contributed by atoms with Gasteiger partial charge in [0.1, 0.15) is 0 Å². The van der Waals surface area contributed by atoms with Gasteiger partial charge in [-0.1, -0.05) is 0 Å². The van der Waals surface area contributed by atoms with Crippen LogP contribution >= 0.6 is 11.3 Å². The Morgan fingerprint density at radius 2 is 2.29 bits per heavy atom. The van der Waals surface area contributed by atoms with Crippen LogP contribution in [0.5, 0.6) is 0 Å². The predicted octanol–water partition coefficient (Wildman–Crippen LogP) is -0.0391. The molecule has 0 aliphatic carbocycles. The fourth-order valence-corrected chi connectivity index (χ4v) is 4.51. The largest absolute Gasteiger partial charge is 0.379 e. The summed E-state index contributed by atoms with van der Waals surface area (Å²) in [6.45, 7) is 0.663. The first-order valence-electron chi connectivity index (χ1n) is 7.53. The summed E-state index contributed by atoms with van der Waals surface area (Å²) in [6, 6.07) is -0.295. The van der Waals surface area contributed by atoms with Gasteiger partial charge in [-0.15, -0.1) is 11.3 Å². The van der Waals surface area contributed by atoms with Crippen molar-refractivity contribution in [2.24, 2.45) is 5.92 Å². The number of imidazole rings is 1. The highest BCUT2D eigenvalue weighted by atomic mass is 32.2. The highest BCUT2D eigenvalue weighted by molar-refractivity contribution is 7.89. The molecule has 1 amide bonds. The standard InChI is InChI=1S/C14H20N4O4S2/c1-17(2)24(20,21)9-10-7-22-8-12(10)16-13(19)5-11-6-18-3-4-23-14(18)15-11/h3-4,6,10,12H,5,7-9H2,1-2H3,(H,16,19)/t10-,12-/m0/s1. The highest BCUT2D eigenvalue weighted by Crippen LogP contribution is 2.18. The van der Waals surface area contributed by atoms with Crippen LogP contribution in [0, 0.1) is 5.92 Å². The molecule has 2 aromatic heterocycles. The van der Waals surface area contributed by atoms with Crippen molar-refractivity contribution in [3.8, 4) is 0 Å². The molecular formula is C14H20N4O4S2. The number of carbonyl (C=O) groups is 1. The topological polar surface area (TPSA) is 93.0 Å². The molecule has 0 radical (unpaired) electrons. The maximum Gasteiger partial charge on any atom is 0.226 e. The molecule has 132 valence electrons. The van der Waals surface area contributed by atoms with E-state index in [2.05, 4.69) is 10.3 Å². The maximum absolute atomic E-state index is 12.2. The van der Waals surface area contributed by atoms with Crippen LogP contribution in [-0.4, -0.2) is 67.1 Å². The Morgan fingerprint density at radius 3 is 3.00 bits per heavy atom. The number of aromatic nitrogens is 2. The molecule has 3 rings (SSSR count). The van der Waals surface area contributed by atoms with Crippen molar-refractivity contribution < 1.29 is 17.9 Å². The van der Waals surface area contributed by atoms with Gasteiger partial charge in [-0.05, 0) is 0 Å². The van der Waals surface area contributed by atoms with E-state index in [0.29, 0.717) is 18.9 Å². The van der Waals surface area contributed by atoms with Crippen molar-refractivity contribution in [1.29, 1.82) is 0 Å². The molecule has 1 aliphatic rings. The zero-order chi connectivity index (χ0) is 17.3. The van der Waals surface area contributed by atoms with E-state index in [1.165, 1.54) is 29.7 Å². The first-order valence-corrected chi connectivity index (χ1v) is 10.0. The molecule has 0 spiro atoms. The molecule has 8 nitrogen and oxygen atoms in total. The van der Waals surface area contributed by atoms with E-state index in [1.807, 2.05) is 22.2 Å². The molecule has 0 aromatic carbocycles. The summed E-state index contributed by atoms with van der Waals surface area (Å²) in [5.41, 5.74) is 0.690. The lowest BCUT2D eigenvalue weighted by Gasteiger charge is -2.20. The summed E-state index contributed by atoms with van der Waals surface area (Å²) in [4.78, 5) is 17.5. The molecule has 3 heterocycles. The molecule has 24 heavy (non-hydrogen) atoms. The van der Waals surface area contributed by atoms with Crippen LogP contribution in [0.3, 0.4) is 0 Å². The monoisotopic (exact) mass is 372 g/mol. The molecule has 1 N–H and O–H groups in total. The van der Waals surface area contributed by atoms with Crippen LogP contribution in [0.15, 0.2) is 17.8 Å². The van der Waals surface area contributed by atoms with Gasteiger partial charge in [0.2, 0.25) is 15.9 Å². The number of ether oxygens (including phenoxy) is 1. The second-order valence-electron chi connectivity index (χ2n) is 6.03. The van der Waals surface area contributed by atoms with Gasteiger partial charge in [0.15, 0.2) is 4.96 Å². The Hall–Kier alpha value is -1.49. The number of hydrogen-bond acceptors (Lipinski definition) is 6. The Labute approximate surface area is 144 Å². The van der Waals surface area contributed by atoms with E-state index >= 15 is 0 Å². The maximum atomic E-state index is 12.2. The number of rotatable bonds is 6. The fourth-order valence-electron chi connectivity index (χ4n) is 2.63. The Kier molecular flexibility index (Phi) is 4.90. The van der Waals surface area contributed by atoms with Crippen molar-refractivity contribution in [1.82, 2.24) is 19.0 Å². The van der Waals surface area contributed by atoms with Crippen molar-refractivity contribution in [2.75, 3.05) is 33.1 Å². The van der Waals surface area contributed by atoms with Gasteiger partial charge in [0.05, 0.1) is 37.1 Å². The number of fused-ring (bicyclic) bond motifs is 1. The summed E-state index contributed by atoms with van der Waals surface area (Å²) < 4.78 is 32.5. The first kappa shape index (κ1) is 17.3. The van der Waals surface area contributed by atoms with Crippen molar-refractivity contribution in [3.63, 3.8) is 0 Å². The summed E-state index contributed by atoms with van der Waals surface area (Å²) in [5.74, 6) is -0.458. The molecule has 2 atom stereocenters. The van der Waals surface area contributed by atoms with Gasteiger partial charge >= 0.3 is 0 Å². The summed E-state index contributed by atoms with van der Waals surface area (Å²) in [6.07, 6.45) is 3.88. The highest BCUT2D eigenvalue weighted by Gasteiger charge is 2.34. The number of sulfonamides is 1. The predicted molar refractivity (Wildman–Crippen MR) is 90.5 cm³/mol. The van der Waals surface area contributed by atoms with Gasteiger partial charge in [-0.3, -0.25) is 9.20 Å². The van der Waals surface area contributed by atoms with Crippen molar-refractivity contribution in [3.05, 3.63) is 23.5 Å².